The largest absolute Gasteiger partial charge is 0.479 e. The van der Waals surface area contributed by atoms with Gasteiger partial charge in [-0.2, -0.15) is 4.98 Å². The summed E-state index contributed by atoms with van der Waals surface area (Å²) in [7, 11) is 1.49. The first-order valence-electron chi connectivity index (χ1n) is 4.75. The highest BCUT2D eigenvalue weighted by molar-refractivity contribution is 5.66. The Labute approximate surface area is 88.5 Å². The minimum Gasteiger partial charge on any atom is -0.479 e. The van der Waals surface area contributed by atoms with E-state index in [4.69, 9.17) is 10.5 Å². The van der Waals surface area contributed by atoms with Gasteiger partial charge >= 0.3 is 0 Å². The van der Waals surface area contributed by atoms with Gasteiger partial charge in [-0.05, 0) is 6.42 Å². The molecule has 15 heavy (non-hydrogen) atoms. The van der Waals surface area contributed by atoms with Crippen molar-refractivity contribution < 1.29 is 9.84 Å². The van der Waals surface area contributed by atoms with Crippen LogP contribution in [0.25, 0.3) is 0 Å². The van der Waals surface area contributed by atoms with Crippen molar-refractivity contribution in [3.05, 3.63) is 6.33 Å². The lowest BCUT2D eigenvalue weighted by Crippen LogP contribution is -2.19. The number of methoxy groups -OCH3 is 1. The van der Waals surface area contributed by atoms with Gasteiger partial charge in [-0.15, -0.1) is 0 Å². The third kappa shape index (κ3) is 2.95. The second-order valence-electron chi connectivity index (χ2n) is 3.09. The summed E-state index contributed by atoms with van der Waals surface area (Å²) < 4.78 is 4.94. The zero-order valence-electron chi connectivity index (χ0n) is 8.90. The average molecular weight is 212 g/mol. The molecule has 4 N–H and O–H groups in total. The van der Waals surface area contributed by atoms with E-state index in [1.54, 1.807) is 0 Å². The number of aliphatic hydroxyl groups is 1. The number of aliphatic hydroxyl groups excluding tert-OH is 1. The molecule has 1 heterocycles. The van der Waals surface area contributed by atoms with Gasteiger partial charge < -0.3 is 20.9 Å². The first-order valence-corrected chi connectivity index (χ1v) is 4.75. The molecular weight excluding hydrogens is 196 g/mol. The standard InChI is InChI=1S/C9H16N4O2/c1-3-6(14)4-11-8-7(10)9(15-2)13-5-12-8/h5-6,14H,3-4,10H2,1-2H3,(H,11,12,13). The van der Waals surface area contributed by atoms with Crippen LogP contribution in [0.1, 0.15) is 13.3 Å². The minimum absolute atomic E-state index is 0.332. The van der Waals surface area contributed by atoms with E-state index in [0.29, 0.717) is 30.4 Å². The number of hydrogen-bond acceptors (Lipinski definition) is 6. The lowest BCUT2D eigenvalue weighted by molar-refractivity contribution is 0.183. The number of nitrogens with zero attached hydrogens (tertiary/aromatic N) is 2. The van der Waals surface area contributed by atoms with Crippen LogP contribution in [-0.2, 0) is 0 Å². The monoisotopic (exact) mass is 212 g/mol. The zero-order chi connectivity index (χ0) is 11.3. The maximum atomic E-state index is 9.36. The number of ether oxygens (including phenoxy) is 1. The molecule has 0 amide bonds. The summed E-state index contributed by atoms with van der Waals surface area (Å²) in [5.41, 5.74) is 6.08. The molecule has 1 rings (SSSR count). The van der Waals surface area contributed by atoms with Gasteiger partial charge in [0.25, 0.3) is 0 Å². The fourth-order valence-corrected chi connectivity index (χ4v) is 1.04. The summed E-state index contributed by atoms with van der Waals surface area (Å²) in [6, 6.07) is 0. The minimum atomic E-state index is -0.412. The SMILES string of the molecule is CCC(O)CNc1ncnc(OC)c1N. The zero-order valence-corrected chi connectivity index (χ0v) is 8.90. The maximum Gasteiger partial charge on any atom is 0.242 e. The number of anilines is 2. The van der Waals surface area contributed by atoms with E-state index in [2.05, 4.69) is 15.3 Å². The molecule has 0 radical (unpaired) electrons. The predicted octanol–water partition coefficient (Wildman–Crippen LogP) is 0.250. The second kappa shape index (κ2) is 5.35. The second-order valence-corrected chi connectivity index (χ2v) is 3.09. The summed E-state index contributed by atoms with van der Waals surface area (Å²) in [6.07, 6.45) is 1.62. The highest BCUT2D eigenvalue weighted by Crippen LogP contribution is 2.23. The Hall–Kier alpha value is -1.56. The quantitative estimate of drug-likeness (QED) is 0.647. The molecule has 1 aromatic rings. The first-order chi connectivity index (χ1) is 7.19. The maximum absolute atomic E-state index is 9.36. The molecule has 0 spiro atoms. The van der Waals surface area contributed by atoms with Crippen LogP contribution >= 0.6 is 0 Å². The molecule has 1 atom stereocenters. The smallest absolute Gasteiger partial charge is 0.242 e. The van der Waals surface area contributed by atoms with Crippen LogP contribution in [0.2, 0.25) is 0 Å². The first kappa shape index (κ1) is 11.5. The number of hydrogen-bond donors (Lipinski definition) is 3. The van der Waals surface area contributed by atoms with E-state index < -0.39 is 6.10 Å². The number of aromatic nitrogens is 2. The van der Waals surface area contributed by atoms with Gasteiger partial charge in [0.2, 0.25) is 5.88 Å². The summed E-state index contributed by atoms with van der Waals surface area (Å²) >= 11 is 0. The molecule has 1 aromatic heterocycles. The van der Waals surface area contributed by atoms with Gasteiger partial charge in [-0.25, -0.2) is 4.98 Å². The van der Waals surface area contributed by atoms with Crippen LogP contribution in [-0.4, -0.2) is 34.8 Å². The fourth-order valence-electron chi connectivity index (χ4n) is 1.04. The van der Waals surface area contributed by atoms with Crippen LogP contribution in [0, 0.1) is 0 Å². The van der Waals surface area contributed by atoms with E-state index >= 15 is 0 Å². The normalized spacial score (nSPS) is 12.2. The molecule has 6 heteroatoms. The highest BCUT2D eigenvalue weighted by Gasteiger charge is 2.08. The molecule has 0 aliphatic heterocycles. The molecule has 0 fully saturated rings. The number of nitrogens with two attached hydrogens (primary N) is 1. The summed E-state index contributed by atoms with van der Waals surface area (Å²) in [5.74, 6) is 0.813. The molecule has 6 nitrogen and oxygen atoms in total. The Morgan fingerprint density at radius 1 is 1.60 bits per heavy atom. The van der Waals surface area contributed by atoms with Crippen molar-refractivity contribution in [1.82, 2.24) is 9.97 Å². The average Bonchev–Trinajstić information content (AvgIpc) is 2.27. The van der Waals surface area contributed by atoms with Crippen LogP contribution in [0.5, 0.6) is 5.88 Å². The Bertz CT molecular complexity index is 319. The molecule has 0 saturated carbocycles. The van der Waals surface area contributed by atoms with Crippen LogP contribution in [0.3, 0.4) is 0 Å². The molecular formula is C9H16N4O2. The van der Waals surface area contributed by atoms with E-state index in [1.807, 2.05) is 6.92 Å². The molecule has 0 saturated heterocycles. The van der Waals surface area contributed by atoms with E-state index in [1.165, 1.54) is 13.4 Å². The van der Waals surface area contributed by atoms with E-state index in [0.717, 1.165) is 0 Å². The van der Waals surface area contributed by atoms with Crippen molar-refractivity contribution in [2.45, 2.75) is 19.4 Å². The number of nitrogens with one attached hydrogen (secondary N) is 1. The lowest BCUT2D eigenvalue weighted by Gasteiger charge is -2.12. The molecule has 84 valence electrons. The number of rotatable bonds is 5. The van der Waals surface area contributed by atoms with Gasteiger partial charge in [-0.1, -0.05) is 6.92 Å². The third-order valence-electron chi connectivity index (χ3n) is 2.02. The van der Waals surface area contributed by atoms with E-state index in [-0.39, 0.29) is 0 Å². The molecule has 1 unspecified atom stereocenters. The van der Waals surface area contributed by atoms with Gasteiger partial charge in [0, 0.05) is 6.54 Å². The van der Waals surface area contributed by atoms with E-state index in [9.17, 15) is 5.11 Å². The van der Waals surface area contributed by atoms with Gasteiger partial charge in [0.15, 0.2) is 5.82 Å². The fraction of sp³-hybridized carbons (Fsp3) is 0.556. The predicted molar refractivity (Wildman–Crippen MR) is 57.8 cm³/mol. The van der Waals surface area contributed by atoms with Crippen molar-refractivity contribution >= 4 is 11.5 Å². The summed E-state index contributed by atoms with van der Waals surface area (Å²) in [5, 5.41) is 12.3. The van der Waals surface area contributed by atoms with Crippen molar-refractivity contribution in [2.75, 3.05) is 24.7 Å². The van der Waals surface area contributed by atoms with Crippen molar-refractivity contribution in [1.29, 1.82) is 0 Å². The molecule has 0 aliphatic carbocycles. The summed E-state index contributed by atoms with van der Waals surface area (Å²) in [6.45, 7) is 2.30. The Kier molecular flexibility index (Phi) is 4.11. The van der Waals surface area contributed by atoms with Crippen molar-refractivity contribution in [3.63, 3.8) is 0 Å². The van der Waals surface area contributed by atoms with Crippen LogP contribution in [0.4, 0.5) is 11.5 Å². The van der Waals surface area contributed by atoms with Crippen molar-refractivity contribution in [3.8, 4) is 5.88 Å². The third-order valence-corrected chi connectivity index (χ3v) is 2.02. The van der Waals surface area contributed by atoms with Crippen molar-refractivity contribution in [2.24, 2.45) is 0 Å². The highest BCUT2D eigenvalue weighted by atomic mass is 16.5. The van der Waals surface area contributed by atoms with Crippen LogP contribution in [0.15, 0.2) is 6.33 Å². The molecule has 0 aliphatic rings. The summed E-state index contributed by atoms with van der Waals surface area (Å²) in [4.78, 5) is 7.80. The van der Waals surface area contributed by atoms with Gasteiger partial charge in [0.05, 0.1) is 13.2 Å². The van der Waals surface area contributed by atoms with Gasteiger partial charge in [0.1, 0.15) is 12.0 Å². The molecule has 0 bridgehead atoms. The van der Waals surface area contributed by atoms with Gasteiger partial charge in [-0.3, -0.25) is 0 Å². The molecule has 0 aromatic carbocycles. The topological polar surface area (TPSA) is 93.3 Å². The Balaban J connectivity index is 2.68. The number of nitrogen functional groups attached to an aromatic ring is 1. The lowest BCUT2D eigenvalue weighted by atomic mass is 10.3. The Morgan fingerprint density at radius 3 is 2.93 bits per heavy atom. The van der Waals surface area contributed by atoms with Crippen LogP contribution < -0.4 is 15.8 Å². The Morgan fingerprint density at radius 2 is 2.33 bits per heavy atom.